The first-order valence-electron chi connectivity index (χ1n) is 7.12. The molecule has 2 rings (SSSR count). The highest BCUT2D eigenvalue weighted by molar-refractivity contribution is 7.08. The van der Waals surface area contributed by atoms with Crippen LogP contribution in [0.3, 0.4) is 0 Å². The smallest absolute Gasteiger partial charge is 0.310 e. The van der Waals surface area contributed by atoms with Crippen molar-refractivity contribution < 1.29 is 4.79 Å². The van der Waals surface area contributed by atoms with E-state index in [0.717, 1.165) is 24.3 Å². The van der Waals surface area contributed by atoms with Gasteiger partial charge < -0.3 is 16.0 Å². The Kier molecular flexibility index (Phi) is 5.78. The molecule has 1 aromatic heterocycles. The Morgan fingerprint density at radius 1 is 1.14 bits per heavy atom. The van der Waals surface area contributed by atoms with Crippen molar-refractivity contribution in [2.75, 3.05) is 17.2 Å². The Hall–Kier alpha value is -1.85. The van der Waals surface area contributed by atoms with Crippen molar-refractivity contribution in [1.82, 2.24) is 5.32 Å². The van der Waals surface area contributed by atoms with Crippen LogP contribution in [0.1, 0.15) is 31.9 Å². The van der Waals surface area contributed by atoms with Crippen molar-refractivity contribution in [2.24, 2.45) is 0 Å². The van der Waals surface area contributed by atoms with Crippen LogP contribution < -0.4 is 16.0 Å². The lowest BCUT2D eigenvalue weighted by atomic mass is 10.1. The minimum absolute atomic E-state index is 0.224. The fourth-order valence-corrected chi connectivity index (χ4v) is 2.55. The summed E-state index contributed by atoms with van der Waals surface area (Å²) in [6, 6.07) is 9.88. The SMILES string of the molecule is CCCNC(C)c1ccc(NC(=O)Nc2ccsc2)cc1. The van der Waals surface area contributed by atoms with Gasteiger partial charge in [0.1, 0.15) is 0 Å². The van der Waals surface area contributed by atoms with Crippen LogP contribution in [-0.4, -0.2) is 12.6 Å². The summed E-state index contributed by atoms with van der Waals surface area (Å²) in [5, 5.41) is 12.9. The summed E-state index contributed by atoms with van der Waals surface area (Å²) in [4.78, 5) is 11.8. The molecular weight excluding hydrogens is 282 g/mol. The maximum atomic E-state index is 11.8. The fourth-order valence-electron chi connectivity index (χ4n) is 1.96. The molecule has 0 bridgehead atoms. The van der Waals surface area contributed by atoms with Crippen molar-refractivity contribution in [3.05, 3.63) is 46.7 Å². The van der Waals surface area contributed by atoms with Crippen LogP contribution in [0, 0.1) is 0 Å². The number of anilines is 2. The molecule has 0 aliphatic rings. The third-order valence-corrected chi connectivity index (χ3v) is 3.83. The summed E-state index contributed by atoms with van der Waals surface area (Å²) in [7, 11) is 0. The van der Waals surface area contributed by atoms with E-state index in [1.165, 1.54) is 5.56 Å². The van der Waals surface area contributed by atoms with Crippen LogP contribution in [0.5, 0.6) is 0 Å². The van der Waals surface area contributed by atoms with Crippen molar-refractivity contribution >= 4 is 28.7 Å². The average Bonchev–Trinajstić information content (AvgIpc) is 2.98. The zero-order valence-corrected chi connectivity index (χ0v) is 13.2. The predicted molar refractivity (Wildman–Crippen MR) is 90.1 cm³/mol. The van der Waals surface area contributed by atoms with E-state index in [0.29, 0.717) is 6.04 Å². The fraction of sp³-hybridized carbons (Fsp3) is 0.312. The number of urea groups is 1. The monoisotopic (exact) mass is 303 g/mol. The third kappa shape index (κ3) is 4.88. The third-order valence-electron chi connectivity index (χ3n) is 3.15. The second-order valence-corrected chi connectivity index (χ2v) is 5.67. The first-order chi connectivity index (χ1) is 10.2. The van der Waals surface area contributed by atoms with E-state index < -0.39 is 0 Å². The van der Waals surface area contributed by atoms with Crippen molar-refractivity contribution in [3.8, 4) is 0 Å². The first kappa shape index (κ1) is 15.5. The number of thiophene rings is 1. The standard InChI is InChI=1S/C16H21N3OS/c1-3-9-17-12(2)13-4-6-14(7-5-13)18-16(20)19-15-8-10-21-11-15/h4-8,10-12,17H,3,9H2,1-2H3,(H2,18,19,20). The molecule has 0 aliphatic heterocycles. The van der Waals surface area contributed by atoms with Gasteiger partial charge in [-0.1, -0.05) is 19.1 Å². The molecule has 3 N–H and O–H groups in total. The lowest BCUT2D eigenvalue weighted by molar-refractivity contribution is 0.262. The van der Waals surface area contributed by atoms with Crippen LogP contribution in [-0.2, 0) is 0 Å². The van der Waals surface area contributed by atoms with Crippen LogP contribution in [0.15, 0.2) is 41.1 Å². The minimum atomic E-state index is -0.224. The first-order valence-corrected chi connectivity index (χ1v) is 8.07. The van der Waals surface area contributed by atoms with Gasteiger partial charge in [-0.2, -0.15) is 11.3 Å². The van der Waals surface area contributed by atoms with Crippen LogP contribution in [0.2, 0.25) is 0 Å². The molecule has 5 heteroatoms. The maximum absolute atomic E-state index is 11.8. The van der Waals surface area contributed by atoms with Crippen molar-refractivity contribution in [2.45, 2.75) is 26.3 Å². The minimum Gasteiger partial charge on any atom is -0.310 e. The van der Waals surface area contributed by atoms with Gasteiger partial charge in [0.15, 0.2) is 0 Å². The molecule has 0 radical (unpaired) electrons. The molecule has 0 fully saturated rings. The summed E-state index contributed by atoms with van der Waals surface area (Å²) in [5.41, 5.74) is 2.81. The highest BCUT2D eigenvalue weighted by Gasteiger charge is 2.06. The summed E-state index contributed by atoms with van der Waals surface area (Å²) < 4.78 is 0. The van der Waals surface area contributed by atoms with E-state index >= 15 is 0 Å². The molecule has 0 aliphatic carbocycles. The summed E-state index contributed by atoms with van der Waals surface area (Å²) in [5.74, 6) is 0. The molecule has 4 nitrogen and oxygen atoms in total. The molecule has 112 valence electrons. The Bertz CT molecular complexity index is 551. The number of hydrogen-bond acceptors (Lipinski definition) is 3. The zero-order valence-electron chi connectivity index (χ0n) is 12.3. The van der Waals surface area contributed by atoms with Crippen LogP contribution >= 0.6 is 11.3 Å². The van der Waals surface area contributed by atoms with Gasteiger partial charge in [0.05, 0.1) is 5.69 Å². The summed E-state index contributed by atoms with van der Waals surface area (Å²) >= 11 is 1.55. The number of rotatable bonds is 6. The molecule has 1 aromatic carbocycles. The molecule has 21 heavy (non-hydrogen) atoms. The zero-order chi connectivity index (χ0) is 15.1. The Labute approximate surface area is 129 Å². The van der Waals surface area contributed by atoms with Gasteiger partial charge in [0, 0.05) is 17.1 Å². The molecule has 0 spiro atoms. The van der Waals surface area contributed by atoms with E-state index in [9.17, 15) is 4.79 Å². The van der Waals surface area contributed by atoms with Gasteiger partial charge in [-0.25, -0.2) is 4.79 Å². The Morgan fingerprint density at radius 2 is 1.86 bits per heavy atom. The normalized spacial score (nSPS) is 11.9. The van der Waals surface area contributed by atoms with Crippen LogP contribution in [0.4, 0.5) is 16.2 Å². The van der Waals surface area contributed by atoms with E-state index in [4.69, 9.17) is 0 Å². The molecular formula is C16H21N3OS. The molecule has 1 atom stereocenters. The van der Waals surface area contributed by atoms with Gasteiger partial charge in [0.2, 0.25) is 0 Å². The summed E-state index contributed by atoms with van der Waals surface area (Å²) in [6.45, 7) is 5.30. The van der Waals surface area contributed by atoms with Gasteiger partial charge in [-0.05, 0) is 49.0 Å². The predicted octanol–water partition coefficient (Wildman–Crippen LogP) is 4.45. The largest absolute Gasteiger partial charge is 0.323 e. The number of carbonyl (C=O) groups is 1. The maximum Gasteiger partial charge on any atom is 0.323 e. The average molecular weight is 303 g/mol. The Balaban J connectivity index is 1.88. The number of nitrogens with one attached hydrogen (secondary N) is 3. The van der Waals surface area contributed by atoms with Crippen molar-refractivity contribution in [1.29, 1.82) is 0 Å². The number of benzene rings is 1. The lowest BCUT2D eigenvalue weighted by Crippen LogP contribution is -2.20. The van der Waals surface area contributed by atoms with E-state index in [2.05, 4.69) is 29.8 Å². The molecule has 1 unspecified atom stereocenters. The van der Waals surface area contributed by atoms with Gasteiger partial charge >= 0.3 is 6.03 Å². The Morgan fingerprint density at radius 3 is 2.48 bits per heavy atom. The summed E-state index contributed by atoms with van der Waals surface area (Å²) in [6.07, 6.45) is 1.12. The number of carbonyl (C=O) groups excluding carboxylic acids is 1. The second kappa shape index (κ2) is 7.81. The molecule has 0 saturated carbocycles. The molecule has 0 saturated heterocycles. The molecule has 1 heterocycles. The van der Waals surface area contributed by atoms with Gasteiger partial charge in [-0.3, -0.25) is 0 Å². The number of hydrogen-bond donors (Lipinski definition) is 3. The highest BCUT2D eigenvalue weighted by Crippen LogP contribution is 2.17. The van der Waals surface area contributed by atoms with Crippen molar-refractivity contribution in [3.63, 3.8) is 0 Å². The van der Waals surface area contributed by atoms with Crippen LogP contribution in [0.25, 0.3) is 0 Å². The van der Waals surface area contributed by atoms with E-state index in [1.807, 2.05) is 41.1 Å². The quantitative estimate of drug-likeness (QED) is 0.738. The second-order valence-electron chi connectivity index (χ2n) is 4.89. The highest BCUT2D eigenvalue weighted by atomic mass is 32.1. The van der Waals surface area contributed by atoms with E-state index in [1.54, 1.807) is 11.3 Å². The van der Waals surface area contributed by atoms with E-state index in [-0.39, 0.29) is 6.03 Å². The van der Waals surface area contributed by atoms with Gasteiger partial charge in [0.25, 0.3) is 0 Å². The topological polar surface area (TPSA) is 53.2 Å². The number of amides is 2. The molecule has 2 amide bonds. The lowest BCUT2D eigenvalue weighted by Gasteiger charge is -2.14. The molecule has 2 aromatic rings. The van der Waals surface area contributed by atoms with Gasteiger partial charge in [-0.15, -0.1) is 0 Å².